The number of hydrogen-bond donors (Lipinski definition) is 1. The third kappa shape index (κ3) is 2.98. The van der Waals surface area contributed by atoms with Gasteiger partial charge in [0.2, 0.25) is 0 Å². The maximum atomic E-state index is 3.68. The zero-order valence-corrected chi connectivity index (χ0v) is 9.47. The molecular formula is C12H25N. The van der Waals surface area contributed by atoms with Gasteiger partial charge in [-0.2, -0.15) is 0 Å². The van der Waals surface area contributed by atoms with E-state index in [2.05, 4.69) is 26.1 Å². The average Bonchev–Trinajstić information content (AvgIpc) is 2.65. The summed E-state index contributed by atoms with van der Waals surface area (Å²) in [5, 5.41) is 3.68. The first-order valence-electron chi connectivity index (χ1n) is 6.03. The fourth-order valence-corrected chi connectivity index (χ4v) is 2.64. The van der Waals surface area contributed by atoms with Gasteiger partial charge in [0.1, 0.15) is 0 Å². The molecule has 1 fully saturated rings. The number of hydrogen-bond acceptors (Lipinski definition) is 1. The fourth-order valence-electron chi connectivity index (χ4n) is 2.64. The highest BCUT2D eigenvalue weighted by Crippen LogP contribution is 2.31. The molecule has 0 aromatic rings. The van der Waals surface area contributed by atoms with Crippen molar-refractivity contribution in [3.05, 3.63) is 0 Å². The minimum atomic E-state index is 0.789. The smallest absolute Gasteiger partial charge is 0.0121 e. The predicted octanol–water partition coefficient (Wildman–Crippen LogP) is 3.20. The van der Waals surface area contributed by atoms with Gasteiger partial charge in [-0.25, -0.2) is 0 Å². The van der Waals surface area contributed by atoms with Crippen LogP contribution in [0.5, 0.6) is 0 Å². The van der Waals surface area contributed by atoms with Crippen LogP contribution in [0.1, 0.15) is 52.9 Å². The van der Waals surface area contributed by atoms with Crippen LogP contribution in [0.4, 0.5) is 0 Å². The van der Waals surface area contributed by atoms with E-state index in [1.54, 1.807) is 0 Å². The highest BCUT2D eigenvalue weighted by atomic mass is 14.9. The molecule has 0 aromatic heterocycles. The summed E-state index contributed by atoms with van der Waals surface area (Å²) in [4.78, 5) is 0. The van der Waals surface area contributed by atoms with Crippen molar-refractivity contribution in [2.24, 2.45) is 11.8 Å². The Labute approximate surface area is 83.3 Å². The highest BCUT2D eigenvalue weighted by molar-refractivity contribution is 4.83. The molecule has 1 aliphatic rings. The number of nitrogens with one attached hydrogen (secondary N) is 1. The van der Waals surface area contributed by atoms with E-state index in [0.29, 0.717) is 0 Å². The van der Waals surface area contributed by atoms with Gasteiger partial charge in [-0.1, -0.05) is 40.0 Å². The van der Waals surface area contributed by atoms with Crippen molar-refractivity contribution in [2.75, 3.05) is 6.54 Å². The molecular weight excluding hydrogens is 158 g/mol. The molecule has 13 heavy (non-hydrogen) atoms. The Hall–Kier alpha value is -0.0400. The molecule has 0 amide bonds. The zero-order valence-electron chi connectivity index (χ0n) is 9.47. The predicted molar refractivity (Wildman–Crippen MR) is 58.9 cm³/mol. The molecule has 0 radical (unpaired) electrons. The van der Waals surface area contributed by atoms with E-state index < -0.39 is 0 Å². The summed E-state index contributed by atoms with van der Waals surface area (Å²) >= 11 is 0. The molecule has 1 rings (SSSR count). The van der Waals surface area contributed by atoms with Gasteiger partial charge in [0.25, 0.3) is 0 Å². The van der Waals surface area contributed by atoms with Crippen LogP contribution in [0.15, 0.2) is 0 Å². The summed E-state index contributed by atoms with van der Waals surface area (Å²) in [6, 6.07) is 0.789. The average molecular weight is 183 g/mol. The first-order valence-corrected chi connectivity index (χ1v) is 6.03. The van der Waals surface area contributed by atoms with Crippen LogP contribution in [-0.2, 0) is 0 Å². The molecule has 0 bridgehead atoms. The van der Waals surface area contributed by atoms with Crippen LogP contribution < -0.4 is 5.32 Å². The van der Waals surface area contributed by atoms with E-state index in [4.69, 9.17) is 0 Å². The van der Waals surface area contributed by atoms with Gasteiger partial charge in [-0.05, 0) is 31.2 Å². The van der Waals surface area contributed by atoms with E-state index in [1.165, 1.54) is 32.1 Å². The van der Waals surface area contributed by atoms with Crippen LogP contribution >= 0.6 is 0 Å². The summed E-state index contributed by atoms with van der Waals surface area (Å²) in [6.45, 7) is 8.06. The van der Waals surface area contributed by atoms with Gasteiger partial charge in [0.15, 0.2) is 0 Å². The van der Waals surface area contributed by atoms with Gasteiger partial charge < -0.3 is 5.32 Å². The molecule has 1 heteroatoms. The van der Waals surface area contributed by atoms with Crippen molar-refractivity contribution in [3.63, 3.8) is 0 Å². The Kier molecular flexibility index (Phi) is 4.79. The van der Waals surface area contributed by atoms with E-state index in [0.717, 1.165) is 24.4 Å². The summed E-state index contributed by atoms with van der Waals surface area (Å²) in [6.07, 6.45) is 7.16. The Morgan fingerprint density at radius 3 is 2.31 bits per heavy atom. The summed E-state index contributed by atoms with van der Waals surface area (Å²) in [5.41, 5.74) is 0. The van der Waals surface area contributed by atoms with Crippen molar-refractivity contribution in [1.29, 1.82) is 0 Å². The molecule has 78 valence electrons. The molecule has 1 nitrogen and oxygen atoms in total. The monoisotopic (exact) mass is 183 g/mol. The van der Waals surface area contributed by atoms with Crippen molar-refractivity contribution >= 4 is 0 Å². The fraction of sp³-hybridized carbons (Fsp3) is 1.00. The van der Waals surface area contributed by atoms with Crippen molar-refractivity contribution in [2.45, 2.75) is 58.9 Å². The molecule has 0 aromatic carbocycles. The minimum absolute atomic E-state index is 0.789. The Balaban J connectivity index is 2.44. The Morgan fingerprint density at radius 2 is 1.85 bits per heavy atom. The molecule has 2 atom stereocenters. The van der Waals surface area contributed by atoms with Gasteiger partial charge >= 0.3 is 0 Å². The van der Waals surface area contributed by atoms with Crippen molar-refractivity contribution in [1.82, 2.24) is 5.32 Å². The Morgan fingerprint density at radius 1 is 1.23 bits per heavy atom. The lowest BCUT2D eigenvalue weighted by Crippen LogP contribution is -2.40. The maximum Gasteiger partial charge on any atom is 0.0121 e. The van der Waals surface area contributed by atoms with E-state index in [-0.39, 0.29) is 0 Å². The standard InChI is InChI=1S/C12H25N/c1-4-10(3)12(13-5-2)11-8-6-7-9-11/h10-13H,4-9H2,1-3H3. The van der Waals surface area contributed by atoms with Crippen LogP contribution in [-0.4, -0.2) is 12.6 Å². The molecule has 1 N–H and O–H groups in total. The molecule has 0 saturated heterocycles. The van der Waals surface area contributed by atoms with Crippen molar-refractivity contribution in [3.8, 4) is 0 Å². The van der Waals surface area contributed by atoms with Crippen molar-refractivity contribution < 1.29 is 0 Å². The SMILES string of the molecule is CCNC(C(C)CC)C1CCCC1. The minimum Gasteiger partial charge on any atom is -0.314 e. The quantitative estimate of drug-likeness (QED) is 0.690. The van der Waals surface area contributed by atoms with Crippen LogP contribution in [0, 0.1) is 11.8 Å². The second-order valence-electron chi connectivity index (χ2n) is 4.51. The van der Waals surface area contributed by atoms with Gasteiger partial charge in [0.05, 0.1) is 0 Å². The summed E-state index contributed by atoms with van der Waals surface area (Å²) in [7, 11) is 0. The molecule has 2 unspecified atom stereocenters. The highest BCUT2D eigenvalue weighted by Gasteiger charge is 2.27. The third-order valence-corrected chi connectivity index (χ3v) is 3.60. The van der Waals surface area contributed by atoms with Crippen LogP contribution in [0.2, 0.25) is 0 Å². The van der Waals surface area contributed by atoms with Crippen LogP contribution in [0.3, 0.4) is 0 Å². The second kappa shape index (κ2) is 5.64. The summed E-state index contributed by atoms with van der Waals surface area (Å²) in [5.74, 6) is 1.82. The lowest BCUT2D eigenvalue weighted by Gasteiger charge is -2.29. The molecule has 1 aliphatic carbocycles. The van der Waals surface area contributed by atoms with Gasteiger partial charge in [-0.15, -0.1) is 0 Å². The first kappa shape index (κ1) is 11.0. The second-order valence-corrected chi connectivity index (χ2v) is 4.51. The van der Waals surface area contributed by atoms with Gasteiger partial charge in [0, 0.05) is 6.04 Å². The zero-order chi connectivity index (χ0) is 9.68. The molecule has 0 aliphatic heterocycles. The maximum absolute atomic E-state index is 3.68. The van der Waals surface area contributed by atoms with Crippen LogP contribution in [0.25, 0.3) is 0 Å². The van der Waals surface area contributed by atoms with E-state index >= 15 is 0 Å². The normalized spacial score (nSPS) is 23.3. The lowest BCUT2D eigenvalue weighted by molar-refractivity contribution is 0.270. The van der Waals surface area contributed by atoms with Gasteiger partial charge in [-0.3, -0.25) is 0 Å². The summed E-state index contributed by atoms with van der Waals surface area (Å²) < 4.78 is 0. The van der Waals surface area contributed by atoms with E-state index in [1.807, 2.05) is 0 Å². The third-order valence-electron chi connectivity index (χ3n) is 3.60. The molecule has 0 heterocycles. The van der Waals surface area contributed by atoms with E-state index in [9.17, 15) is 0 Å². The Bertz CT molecular complexity index is 127. The first-order chi connectivity index (χ1) is 6.29. The largest absolute Gasteiger partial charge is 0.314 e. The number of rotatable bonds is 5. The molecule has 0 spiro atoms. The lowest BCUT2D eigenvalue weighted by atomic mass is 9.86. The molecule has 1 saturated carbocycles. The topological polar surface area (TPSA) is 12.0 Å².